The molecule has 0 bridgehead atoms. The van der Waals surface area contributed by atoms with Crippen LogP contribution in [0.1, 0.15) is 42.5 Å². The largest absolute Gasteiger partial charge is 0.496 e. The Morgan fingerprint density at radius 1 is 1.03 bits per heavy atom. The number of aryl methyl sites for hydroxylation is 3. The van der Waals surface area contributed by atoms with Gasteiger partial charge in [0.05, 0.1) is 25.2 Å². The molecule has 0 unspecified atom stereocenters. The lowest BCUT2D eigenvalue weighted by Gasteiger charge is -2.26. The van der Waals surface area contributed by atoms with Gasteiger partial charge in [0.2, 0.25) is 15.9 Å². The molecule has 1 fully saturated rings. The average molecular weight is 475 g/mol. The van der Waals surface area contributed by atoms with Crippen molar-refractivity contribution in [3.63, 3.8) is 0 Å². The summed E-state index contributed by atoms with van der Waals surface area (Å²) in [5.41, 5.74) is 4.32. The molecule has 0 spiro atoms. The van der Waals surface area contributed by atoms with Crippen molar-refractivity contribution < 1.29 is 22.7 Å². The van der Waals surface area contributed by atoms with E-state index in [0.717, 1.165) is 18.4 Å². The lowest BCUT2D eigenvalue weighted by Crippen LogP contribution is -2.40. The van der Waals surface area contributed by atoms with Crippen molar-refractivity contribution in [2.75, 3.05) is 33.4 Å². The minimum atomic E-state index is -3.61. The molecule has 0 aromatic heterocycles. The highest BCUT2D eigenvalue weighted by Gasteiger charge is 2.27. The van der Waals surface area contributed by atoms with Crippen LogP contribution >= 0.6 is 0 Å². The number of hydrogen-bond acceptors (Lipinski definition) is 5. The second-order valence-corrected chi connectivity index (χ2v) is 10.0. The summed E-state index contributed by atoms with van der Waals surface area (Å²) in [4.78, 5) is 12.8. The Kier molecular flexibility index (Phi) is 8.88. The first-order valence-corrected chi connectivity index (χ1v) is 12.9. The van der Waals surface area contributed by atoms with Crippen LogP contribution in [-0.4, -0.2) is 52.0 Å². The summed E-state index contributed by atoms with van der Waals surface area (Å²) < 4.78 is 38.1. The van der Waals surface area contributed by atoms with E-state index < -0.39 is 10.0 Å². The van der Waals surface area contributed by atoms with Crippen LogP contribution in [0.25, 0.3) is 0 Å². The molecule has 1 saturated heterocycles. The van der Waals surface area contributed by atoms with Gasteiger partial charge in [-0.25, -0.2) is 8.42 Å². The molecule has 0 radical (unpaired) electrons. The van der Waals surface area contributed by atoms with E-state index in [9.17, 15) is 13.2 Å². The van der Waals surface area contributed by atoms with Crippen molar-refractivity contribution in [3.8, 4) is 5.75 Å². The number of amides is 1. The van der Waals surface area contributed by atoms with Gasteiger partial charge in [-0.3, -0.25) is 4.79 Å². The van der Waals surface area contributed by atoms with E-state index in [2.05, 4.69) is 37.4 Å². The molecule has 3 rings (SSSR count). The summed E-state index contributed by atoms with van der Waals surface area (Å²) in [6.07, 6.45) is 2.49. The van der Waals surface area contributed by atoms with E-state index in [4.69, 9.17) is 9.47 Å². The normalized spacial score (nSPS) is 14.8. The molecule has 1 aliphatic rings. The molecule has 8 heteroatoms. The van der Waals surface area contributed by atoms with Crippen LogP contribution in [0.4, 0.5) is 0 Å². The first-order chi connectivity index (χ1) is 15.9. The van der Waals surface area contributed by atoms with Gasteiger partial charge in [-0.1, -0.05) is 32.0 Å². The Morgan fingerprint density at radius 2 is 1.79 bits per heavy atom. The van der Waals surface area contributed by atoms with Gasteiger partial charge in [0, 0.05) is 26.1 Å². The lowest BCUT2D eigenvalue weighted by atomic mass is 10.0. The highest BCUT2D eigenvalue weighted by Crippen LogP contribution is 2.26. The molecule has 0 saturated carbocycles. The van der Waals surface area contributed by atoms with E-state index in [-0.39, 0.29) is 17.2 Å². The minimum Gasteiger partial charge on any atom is -0.496 e. The molecule has 0 aliphatic carbocycles. The number of nitrogens with zero attached hydrogens (tertiary/aromatic N) is 1. The third-order valence-corrected chi connectivity index (χ3v) is 7.91. The maximum absolute atomic E-state index is 13.0. The Balaban J connectivity index is 1.67. The number of methoxy groups -OCH3 is 1. The summed E-state index contributed by atoms with van der Waals surface area (Å²) in [7, 11) is -2.07. The highest BCUT2D eigenvalue weighted by atomic mass is 32.2. The minimum absolute atomic E-state index is 0.0811. The van der Waals surface area contributed by atoms with Gasteiger partial charge in [0.15, 0.2) is 0 Å². The van der Waals surface area contributed by atoms with Crippen LogP contribution in [0.5, 0.6) is 5.75 Å². The zero-order chi connectivity index (χ0) is 23.8. The van der Waals surface area contributed by atoms with Gasteiger partial charge in [-0.2, -0.15) is 4.31 Å². The topological polar surface area (TPSA) is 84.9 Å². The summed E-state index contributed by atoms with van der Waals surface area (Å²) in [6, 6.07) is 11.3. The van der Waals surface area contributed by atoms with E-state index in [1.165, 1.54) is 15.4 Å². The van der Waals surface area contributed by atoms with Crippen molar-refractivity contribution in [1.82, 2.24) is 9.62 Å². The molecule has 33 heavy (non-hydrogen) atoms. The molecule has 2 aromatic rings. The summed E-state index contributed by atoms with van der Waals surface area (Å²) in [5.74, 6) is 0.495. The van der Waals surface area contributed by atoms with Crippen molar-refractivity contribution >= 4 is 15.9 Å². The van der Waals surface area contributed by atoms with Gasteiger partial charge < -0.3 is 14.8 Å². The van der Waals surface area contributed by atoms with E-state index in [1.807, 2.05) is 0 Å². The second-order valence-electron chi connectivity index (χ2n) is 8.08. The Morgan fingerprint density at radius 3 is 2.45 bits per heavy atom. The number of sulfonamides is 1. The van der Waals surface area contributed by atoms with Crippen molar-refractivity contribution in [3.05, 3.63) is 58.7 Å². The quantitative estimate of drug-likeness (QED) is 0.572. The van der Waals surface area contributed by atoms with Crippen LogP contribution in [0.3, 0.4) is 0 Å². The molecule has 0 atom stereocenters. The fraction of sp³-hybridized carbons (Fsp3) is 0.480. The van der Waals surface area contributed by atoms with E-state index >= 15 is 0 Å². The van der Waals surface area contributed by atoms with Gasteiger partial charge in [-0.15, -0.1) is 0 Å². The monoisotopic (exact) mass is 474 g/mol. The van der Waals surface area contributed by atoms with E-state index in [1.54, 1.807) is 25.3 Å². The van der Waals surface area contributed by atoms with Crippen LogP contribution in [0.15, 0.2) is 41.3 Å². The van der Waals surface area contributed by atoms with E-state index in [0.29, 0.717) is 50.6 Å². The molecule has 180 valence electrons. The summed E-state index contributed by atoms with van der Waals surface area (Å²) in [6.45, 7) is 6.17. The van der Waals surface area contributed by atoms with Crippen LogP contribution < -0.4 is 10.1 Å². The van der Waals surface area contributed by atoms with Crippen LogP contribution in [0, 0.1) is 0 Å². The molecule has 1 amide bonds. The maximum atomic E-state index is 13.0. The maximum Gasteiger partial charge on any atom is 0.243 e. The van der Waals surface area contributed by atoms with Crippen molar-refractivity contribution in [1.29, 1.82) is 0 Å². The predicted octanol–water partition coefficient (Wildman–Crippen LogP) is 3.09. The van der Waals surface area contributed by atoms with Gasteiger partial charge in [0.1, 0.15) is 5.75 Å². The smallest absolute Gasteiger partial charge is 0.243 e. The standard InChI is InChI=1S/C25H34N2O5S/c1-4-19-6-7-20(5-2)22(16-19)18-26-25(28)11-8-21-17-23(9-10-24(21)31-3)33(29,30)27-12-14-32-15-13-27/h6-7,9-10,16-17H,4-5,8,11-15,18H2,1-3H3,(H,26,28). The molecule has 1 heterocycles. The number of carbonyl (C=O) groups excluding carboxylic acids is 1. The number of morpholine rings is 1. The third kappa shape index (κ3) is 6.34. The number of ether oxygens (including phenoxy) is 2. The van der Waals surface area contributed by atoms with Gasteiger partial charge in [-0.05, 0) is 59.7 Å². The summed E-state index contributed by atoms with van der Waals surface area (Å²) >= 11 is 0. The molecule has 1 aliphatic heterocycles. The molecular weight excluding hydrogens is 440 g/mol. The van der Waals surface area contributed by atoms with Gasteiger partial charge in [0.25, 0.3) is 0 Å². The molecular formula is C25H34N2O5S. The van der Waals surface area contributed by atoms with Gasteiger partial charge >= 0.3 is 0 Å². The number of hydrogen-bond donors (Lipinski definition) is 1. The SMILES string of the molecule is CCc1ccc(CC)c(CNC(=O)CCc2cc(S(=O)(=O)N3CCOCC3)ccc2OC)c1. The average Bonchev–Trinajstić information content (AvgIpc) is 2.86. The van der Waals surface area contributed by atoms with Crippen molar-refractivity contribution in [2.24, 2.45) is 0 Å². The number of rotatable bonds is 10. The second kappa shape index (κ2) is 11.6. The molecule has 2 aromatic carbocycles. The lowest BCUT2D eigenvalue weighted by molar-refractivity contribution is -0.121. The number of benzene rings is 2. The molecule has 1 N–H and O–H groups in total. The Labute approximate surface area is 197 Å². The molecule has 7 nitrogen and oxygen atoms in total. The van der Waals surface area contributed by atoms with Crippen LogP contribution in [0.2, 0.25) is 0 Å². The first-order valence-electron chi connectivity index (χ1n) is 11.5. The summed E-state index contributed by atoms with van der Waals surface area (Å²) in [5, 5.41) is 3.01. The van der Waals surface area contributed by atoms with Crippen molar-refractivity contribution in [2.45, 2.75) is 51.0 Å². The predicted molar refractivity (Wildman–Crippen MR) is 128 cm³/mol. The highest BCUT2D eigenvalue weighted by molar-refractivity contribution is 7.89. The Bertz CT molecular complexity index is 1060. The fourth-order valence-electron chi connectivity index (χ4n) is 3.99. The third-order valence-electron chi connectivity index (χ3n) is 6.02. The fourth-order valence-corrected chi connectivity index (χ4v) is 5.44. The number of carbonyl (C=O) groups is 1. The zero-order valence-corrected chi connectivity index (χ0v) is 20.5. The Hall–Kier alpha value is -2.42. The first kappa shape index (κ1) is 25.2. The van der Waals surface area contributed by atoms with Crippen LogP contribution in [-0.2, 0) is 45.4 Å². The number of nitrogens with one attached hydrogen (secondary N) is 1. The zero-order valence-electron chi connectivity index (χ0n) is 19.7.